The standard InChI is InChI=1S/C6H8BrClN4/c1-9-11-3-5-10-2-4(7)6(8)12-5/h2,9,11H,3H2,1H3. The van der Waals surface area contributed by atoms with Crippen LogP contribution in [0.2, 0.25) is 5.15 Å². The molecule has 0 spiro atoms. The van der Waals surface area contributed by atoms with Crippen LogP contribution in [0.4, 0.5) is 0 Å². The van der Waals surface area contributed by atoms with Crippen molar-refractivity contribution in [2.45, 2.75) is 6.54 Å². The summed E-state index contributed by atoms with van der Waals surface area (Å²) in [5.74, 6) is 0.651. The highest BCUT2D eigenvalue weighted by Gasteiger charge is 2.00. The fourth-order valence-electron chi connectivity index (χ4n) is 0.633. The molecule has 0 atom stereocenters. The van der Waals surface area contributed by atoms with Crippen LogP contribution in [0.25, 0.3) is 0 Å². The fourth-order valence-corrected chi connectivity index (χ4v) is 0.970. The van der Waals surface area contributed by atoms with Crippen molar-refractivity contribution in [2.24, 2.45) is 0 Å². The van der Waals surface area contributed by atoms with Crippen molar-refractivity contribution in [1.82, 2.24) is 20.8 Å². The van der Waals surface area contributed by atoms with Crippen LogP contribution in [-0.2, 0) is 6.54 Å². The van der Waals surface area contributed by atoms with Crippen LogP contribution in [0.5, 0.6) is 0 Å². The zero-order valence-electron chi connectivity index (χ0n) is 6.43. The summed E-state index contributed by atoms with van der Waals surface area (Å²) in [5, 5.41) is 0.429. The average molecular weight is 252 g/mol. The van der Waals surface area contributed by atoms with Crippen LogP contribution < -0.4 is 10.9 Å². The topological polar surface area (TPSA) is 49.8 Å². The normalized spacial score (nSPS) is 10.2. The summed E-state index contributed by atoms with van der Waals surface area (Å²) in [6.07, 6.45) is 1.63. The maximum Gasteiger partial charge on any atom is 0.147 e. The summed E-state index contributed by atoms with van der Waals surface area (Å²) in [4.78, 5) is 8.05. The molecular weight excluding hydrogens is 243 g/mol. The SMILES string of the molecule is CNNCc1ncc(Br)c(Cl)n1. The molecule has 1 aromatic heterocycles. The summed E-state index contributed by atoms with van der Waals surface area (Å²) < 4.78 is 0.706. The largest absolute Gasteiger partial charge is 0.261 e. The summed E-state index contributed by atoms with van der Waals surface area (Å²) in [5.41, 5.74) is 5.63. The molecule has 1 aromatic rings. The van der Waals surface area contributed by atoms with E-state index in [4.69, 9.17) is 11.6 Å². The van der Waals surface area contributed by atoms with Gasteiger partial charge in [-0.1, -0.05) is 11.6 Å². The fraction of sp³-hybridized carbons (Fsp3) is 0.333. The van der Waals surface area contributed by atoms with Gasteiger partial charge in [0.05, 0.1) is 11.0 Å². The number of hydrogen-bond donors (Lipinski definition) is 2. The van der Waals surface area contributed by atoms with Crippen LogP contribution in [0.3, 0.4) is 0 Å². The summed E-state index contributed by atoms with van der Waals surface area (Å²) >= 11 is 8.95. The van der Waals surface area contributed by atoms with Gasteiger partial charge in [0.25, 0.3) is 0 Å². The first-order valence-electron chi connectivity index (χ1n) is 3.30. The Kier molecular flexibility index (Phi) is 3.87. The molecule has 0 radical (unpaired) electrons. The van der Waals surface area contributed by atoms with E-state index >= 15 is 0 Å². The Labute approximate surface area is 83.8 Å². The predicted molar refractivity (Wildman–Crippen MR) is 50.6 cm³/mol. The second kappa shape index (κ2) is 4.71. The molecule has 0 saturated heterocycles. The lowest BCUT2D eigenvalue weighted by molar-refractivity contribution is 0.577. The number of hydrazine groups is 1. The van der Waals surface area contributed by atoms with E-state index in [0.29, 0.717) is 22.0 Å². The van der Waals surface area contributed by atoms with Crippen LogP contribution in [0, 0.1) is 0 Å². The van der Waals surface area contributed by atoms with Gasteiger partial charge in [-0.3, -0.25) is 10.9 Å². The Morgan fingerprint density at radius 2 is 2.42 bits per heavy atom. The molecule has 0 fully saturated rings. The van der Waals surface area contributed by atoms with E-state index in [0.717, 1.165) is 0 Å². The number of nitrogens with zero attached hydrogens (tertiary/aromatic N) is 2. The smallest absolute Gasteiger partial charge is 0.147 e. The Morgan fingerprint density at radius 1 is 1.67 bits per heavy atom. The second-order valence-electron chi connectivity index (χ2n) is 2.03. The van der Waals surface area contributed by atoms with Crippen LogP contribution in [0.15, 0.2) is 10.7 Å². The molecule has 0 aliphatic carbocycles. The average Bonchev–Trinajstić information content (AvgIpc) is 2.07. The molecule has 0 aromatic carbocycles. The van der Waals surface area contributed by atoms with Crippen molar-refractivity contribution in [3.8, 4) is 0 Å². The molecule has 12 heavy (non-hydrogen) atoms. The molecule has 4 nitrogen and oxygen atoms in total. The van der Waals surface area contributed by atoms with Gasteiger partial charge in [0.15, 0.2) is 0 Å². The van der Waals surface area contributed by atoms with E-state index in [2.05, 4.69) is 36.7 Å². The van der Waals surface area contributed by atoms with Gasteiger partial charge in [-0.15, -0.1) is 0 Å². The predicted octanol–water partition coefficient (Wildman–Crippen LogP) is 1.12. The van der Waals surface area contributed by atoms with Crippen molar-refractivity contribution in [2.75, 3.05) is 7.05 Å². The van der Waals surface area contributed by atoms with Crippen LogP contribution >= 0.6 is 27.5 Å². The lowest BCUT2D eigenvalue weighted by Crippen LogP contribution is -2.27. The molecule has 1 rings (SSSR count). The maximum atomic E-state index is 5.75. The number of aromatic nitrogens is 2. The molecule has 6 heteroatoms. The number of halogens is 2. The molecule has 0 saturated carbocycles. The molecule has 0 aliphatic heterocycles. The Balaban J connectivity index is 2.69. The van der Waals surface area contributed by atoms with Crippen molar-refractivity contribution < 1.29 is 0 Å². The third-order valence-corrected chi connectivity index (χ3v) is 2.27. The van der Waals surface area contributed by atoms with Gasteiger partial charge in [-0.2, -0.15) is 0 Å². The van der Waals surface area contributed by atoms with Gasteiger partial charge in [0.2, 0.25) is 0 Å². The van der Waals surface area contributed by atoms with Gasteiger partial charge in [-0.05, 0) is 23.0 Å². The first-order valence-corrected chi connectivity index (χ1v) is 4.47. The zero-order chi connectivity index (χ0) is 8.97. The van der Waals surface area contributed by atoms with Crippen molar-refractivity contribution in [3.05, 3.63) is 21.6 Å². The Hall–Kier alpha value is -0.230. The molecule has 0 unspecified atom stereocenters. The summed E-state index contributed by atoms with van der Waals surface area (Å²) in [6.45, 7) is 0.545. The molecule has 66 valence electrons. The number of rotatable bonds is 3. The van der Waals surface area contributed by atoms with Gasteiger partial charge >= 0.3 is 0 Å². The lowest BCUT2D eigenvalue weighted by Gasteiger charge is -2.01. The highest BCUT2D eigenvalue weighted by atomic mass is 79.9. The van der Waals surface area contributed by atoms with E-state index < -0.39 is 0 Å². The molecule has 0 aliphatic rings. The number of hydrogen-bond acceptors (Lipinski definition) is 4. The highest BCUT2D eigenvalue weighted by Crippen LogP contribution is 2.17. The van der Waals surface area contributed by atoms with E-state index in [1.807, 2.05) is 0 Å². The first kappa shape index (κ1) is 9.85. The summed E-state index contributed by atoms with van der Waals surface area (Å²) in [6, 6.07) is 0. The van der Waals surface area contributed by atoms with Crippen LogP contribution in [-0.4, -0.2) is 17.0 Å². The van der Waals surface area contributed by atoms with Gasteiger partial charge < -0.3 is 0 Å². The van der Waals surface area contributed by atoms with Gasteiger partial charge in [0.1, 0.15) is 11.0 Å². The Bertz CT molecular complexity index is 268. The van der Waals surface area contributed by atoms with E-state index in [1.165, 1.54) is 0 Å². The minimum Gasteiger partial charge on any atom is -0.261 e. The molecular formula is C6H8BrClN4. The highest BCUT2D eigenvalue weighted by molar-refractivity contribution is 9.10. The molecule has 1 heterocycles. The number of nitrogens with one attached hydrogen (secondary N) is 2. The van der Waals surface area contributed by atoms with Crippen molar-refractivity contribution in [3.63, 3.8) is 0 Å². The van der Waals surface area contributed by atoms with E-state index in [-0.39, 0.29) is 0 Å². The van der Waals surface area contributed by atoms with E-state index in [9.17, 15) is 0 Å². The quantitative estimate of drug-likeness (QED) is 0.624. The third-order valence-electron chi connectivity index (χ3n) is 1.17. The maximum absolute atomic E-state index is 5.75. The van der Waals surface area contributed by atoms with E-state index in [1.54, 1.807) is 13.2 Å². The zero-order valence-corrected chi connectivity index (χ0v) is 8.78. The van der Waals surface area contributed by atoms with Crippen molar-refractivity contribution >= 4 is 27.5 Å². The second-order valence-corrected chi connectivity index (χ2v) is 3.24. The minimum absolute atomic E-state index is 0.429. The van der Waals surface area contributed by atoms with Crippen LogP contribution in [0.1, 0.15) is 5.82 Å². The minimum atomic E-state index is 0.429. The van der Waals surface area contributed by atoms with Gasteiger partial charge in [-0.25, -0.2) is 9.97 Å². The summed E-state index contributed by atoms with van der Waals surface area (Å²) in [7, 11) is 1.78. The monoisotopic (exact) mass is 250 g/mol. The molecule has 0 amide bonds. The van der Waals surface area contributed by atoms with Crippen molar-refractivity contribution in [1.29, 1.82) is 0 Å². The van der Waals surface area contributed by atoms with Gasteiger partial charge in [0, 0.05) is 6.20 Å². The molecule has 2 N–H and O–H groups in total. The first-order chi connectivity index (χ1) is 5.74. The Morgan fingerprint density at radius 3 is 3.00 bits per heavy atom. The molecule has 0 bridgehead atoms. The lowest BCUT2D eigenvalue weighted by atomic mass is 10.5. The third kappa shape index (κ3) is 2.67.